The molecule has 0 aliphatic carbocycles. The van der Waals surface area contributed by atoms with Crippen LogP contribution < -0.4 is 15.2 Å². The Balaban J connectivity index is 1.97. The molecule has 2 atom stereocenters. The molecular formula is C15H19N3O2. The number of benzene rings is 1. The summed E-state index contributed by atoms with van der Waals surface area (Å²) < 4.78 is 13.2. The highest BCUT2D eigenvalue weighted by molar-refractivity contribution is 5.44. The van der Waals surface area contributed by atoms with Gasteiger partial charge in [0.05, 0.1) is 13.3 Å². The number of ether oxygens (including phenoxy) is 2. The Labute approximate surface area is 118 Å². The van der Waals surface area contributed by atoms with Gasteiger partial charge in [0.25, 0.3) is 0 Å². The quantitative estimate of drug-likeness (QED) is 0.911. The lowest BCUT2D eigenvalue weighted by Gasteiger charge is -2.30. The molecule has 0 amide bonds. The van der Waals surface area contributed by atoms with Crippen molar-refractivity contribution in [3.05, 3.63) is 41.2 Å². The molecular weight excluding hydrogens is 254 g/mol. The molecule has 0 saturated heterocycles. The molecule has 0 radical (unpaired) electrons. The van der Waals surface area contributed by atoms with E-state index in [4.69, 9.17) is 15.2 Å². The molecule has 2 aromatic rings. The van der Waals surface area contributed by atoms with Crippen LogP contribution in [0.5, 0.6) is 11.5 Å². The van der Waals surface area contributed by atoms with Crippen LogP contribution >= 0.6 is 0 Å². The first-order valence-corrected chi connectivity index (χ1v) is 6.69. The molecule has 2 N–H and O–H groups in total. The lowest BCUT2D eigenvalue weighted by Crippen LogP contribution is -2.24. The maximum absolute atomic E-state index is 6.27. The first-order chi connectivity index (χ1) is 9.60. The number of rotatable bonds is 2. The van der Waals surface area contributed by atoms with Crippen LogP contribution in [0.4, 0.5) is 0 Å². The zero-order valence-corrected chi connectivity index (χ0v) is 12.0. The van der Waals surface area contributed by atoms with Crippen LogP contribution in [0.15, 0.2) is 24.4 Å². The lowest BCUT2D eigenvalue weighted by molar-refractivity contribution is 0.160. The second-order valence-corrected chi connectivity index (χ2v) is 5.16. The minimum absolute atomic E-state index is 0.0331. The first-order valence-electron chi connectivity index (χ1n) is 6.69. The molecule has 0 spiro atoms. The lowest BCUT2D eigenvalue weighted by atomic mass is 9.94. The van der Waals surface area contributed by atoms with Gasteiger partial charge in [-0.1, -0.05) is 6.07 Å². The van der Waals surface area contributed by atoms with E-state index in [-0.39, 0.29) is 12.1 Å². The number of nitrogens with zero attached hydrogens (tertiary/aromatic N) is 2. The Hall–Kier alpha value is -2.01. The molecule has 5 nitrogen and oxygen atoms in total. The average molecular weight is 273 g/mol. The van der Waals surface area contributed by atoms with Crippen LogP contribution in [-0.4, -0.2) is 16.9 Å². The van der Waals surface area contributed by atoms with E-state index in [9.17, 15) is 0 Å². The molecule has 1 unspecified atom stereocenters. The number of hydrogen-bond donors (Lipinski definition) is 1. The number of aryl methyl sites for hydroxylation is 1. The van der Waals surface area contributed by atoms with Gasteiger partial charge in [0.1, 0.15) is 17.6 Å². The minimum atomic E-state index is -0.0571. The Bertz CT molecular complexity index is 636. The van der Waals surface area contributed by atoms with E-state index in [1.54, 1.807) is 7.11 Å². The normalized spacial score (nSPS) is 21.2. The van der Waals surface area contributed by atoms with Crippen LogP contribution in [0.25, 0.3) is 0 Å². The molecule has 106 valence electrons. The maximum Gasteiger partial charge on any atom is 0.129 e. The van der Waals surface area contributed by atoms with Crippen LogP contribution in [0.1, 0.15) is 35.4 Å². The second-order valence-electron chi connectivity index (χ2n) is 5.16. The van der Waals surface area contributed by atoms with Crippen molar-refractivity contribution in [2.45, 2.75) is 25.5 Å². The fourth-order valence-electron chi connectivity index (χ4n) is 2.63. The summed E-state index contributed by atoms with van der Waals surface area (Å²) in [5, 5.41) is 4.28. The second kappa shape index (κ2) is 4.83. The highest BCUT2D eigenvalue weighted by Crippen LogP contribution is 2.41. The highest BCUT2D eigenvalue weighted by atomic mass is 16.5. The van der Waals surface area contributed by atoms with Gasteiger partial charge in [0.15, 0.2) is 0 Å². The van der Waals surface area contributed by atoms with Crippen molar-refractivity contribution in [1.29, 1.82) is 0 Å². The summed E-state index contributed by atoms with van der Waals surface area (Å²) in [5.74, 6) is 1.58. The number of nitrogens with two attached hydrogens (primary N) is 1. The van der Waals surface area contributed by atoms with Crippen molar-refractivity contribution in [3.63, 3.8) is 0 Å². The third kappa shape index (κ3) is 2.04. The van der Waals surface area contributed by atoms with Gasteiger partial charge in [-0.3, -0.25) is 4.68 Å². The molecule has 1 aliphatic heterocycles. The summed E-state index contributed by atoms with van der Waals surface area (Å²) in [6.45, 7) is 2.04. The van der Waals surface area contributed by atoms with Crippen molar-refractivity contribution in [2.75, 3.05) is 7.11 Å². The molecule has 1 aromatic heterocycles. The Morgan fingerprint density at radius 1 is 1.40 bits per heavy atom. The van der Waals surface area contributed by atoms with Crippen LogP contribution in [0.2, 0.25) is 0 Å². The van der Waals surface area contributed by atoms with Crippen LogP contribution in [0.3, 0.4) is 0 Å². The predicted molar refractivity (Wildman–Crippen MR) is 75.9 cm³/mol. The van der Waals surface area contributed by atoms with Crippen molar-refractivity contribution < 1.29 is 9.47 Å². The minimum Gasteiger partial charge on any atom is -0.497 e. The zero-order valence-electron chi connectivity index (χ0n) is 12.0. The number of aromatic nitrogens is 2. The zero-order chi connectivity index (χ0) is 14.3. The third-order valence-electron chi connectivity index (χ3n) is 3.98. The molecule has 5 heteroatoms. The molecule has 0 bridgehead atoms. The highest BCUT2D eigenvalue weighted by Gasteiger charge is 2.29. The molecule has 3 rings (SSSR count). The van der Waals surface area contributed by atoms with Gasteiger partial charge in [-0.05, 0) is 13.0 Å². The van der Waals surface area contributed by atoms with Crippen LogP contribution in [-0.2, 0) is 7.05 Å². The Morgan fingerprint density at radius 3 is 2.85 bits per heavy atom. The topological polar surface area (TPSA) is 62.3 Å². The Kier molecular flexibility index (Phi) is 3.14. The fourth-order valence-corrected chi connectivity index (χ4v) is 2.63. The standard InChI is InChI=1S/C15H19N3O2/c1-9-12(8-17-18(9)2)15-7-13(16)11-5-4-10(19-3)6-14(11)20-15/h4-6,8,13,15H,7,16H2,1-3H3/t13-,15?/m1/s1. The number of fused-ring (bicyclic) bond motifs is 1. The number of hydrogen-bond acceptors (Lipinski definition) is 4. The first kappa shape index (κ1) is 13.0. The van der Waals surface area contributed by atoms with Crippen molar-refractivity contribution in [1.82, 2.24) is 9.78 Å². The van der Waals surface area contributed by atoms with Crippen molar-refractivity contribution >= 4 is 0 Å². The van der Waals surface area contributed by atoms with E-state index in [0.29, 0.717) is 0 Å². The van der Waals surface area contributed by atoms with Crippen molar-refractivity contribution in [3.8, 4) is 11.5 Å². The summed E-state index contributed by atoms with van der Waals surface area (Å²) in [6.07, 6.45) is 2.56. The van der Waals surface area contributed by atoms with Gasteiger partial charge < -0.3 is 15.2 Å². The largest absolute Gasteiger partial charge is 0.497 e. The monoisotopic (exact) mass is 273 g/mol. The summed E-state index contributed by atoms with van der Waals surface area (Å²) in [7, 11) is 3.58. The summed E-state index contributed by atoms with van der Waals surface area (Å²) in [6, 6.07) is 5.75. The molecule has 20 heavy (non-hydrogen) atoms. The van der Waals surface area contributed by atoms with Gasteiger partial charge in [-0.15, -0.1) is 0 Å². The maximum atomic E-state index is 6.27. The van der Waals surface area contributed by atoms with Gasteiger partial charge in [0, 0.05) is 42.4 Å². The van der Waals surface area contributed by atoms with Gasteiger partial charge in [-0.25, -0.2) is 0 Å². The van der Waals surface area contributed by atoms with E-state index in [1.807, 2.05) is 43.0 Å². The van der Waals surface area contributed by atoms with E-state index in [2.05, 4.69) is 5.10 Å². The molecule has 0 fully saturated rings. The molecule has 1 aliphatic rings. The molecule has 2 heterocycles. The Morgan fingerprint density at radius 2 is 2.20 bits per heavy atom. The number of methoxy groups -OCH3 is 1. The summed E-state index contributed by atoms with van der Waals surface area (Å²) >= 11 is 0. The summed E-state index contributed by atoms with van der Waals surface area (Å²) in [5.41, 5.74) is 9.50. The SMILES string of the molecule is COc1ccc2c(c1)OC(c1cnn(C)c1C)C[C@H]2N. The average Bonchev–Trinajstić information content (AvgIpc) is 2.78. The van der Waals surface area contributed by atoms with Crippen LogP contribution in [0, 0.1) is 6.92 Å². The fraction of sp³-hybridized carbons (Fsp3) is 0.400. The van der Waals surface area contributed by atoms with E-state index in [0.717, 1.165) is 34.7 Å². The smallest absolute Gasteiger partial charge is 0.129 e. The van der Waals surface area contributed by atoms with E-state index < -0.39 is 0 Å². The van der Waals surface area contributed by atoms with Crippen molar-refractivity contribution in [2.24, 2.45) is 12.8 Å². The van der Waals surface area contributed by atoms with E-state index in [1.165, 1.54) is 0 Å². The van der Waals surface area contributed by atoms with Gasteiger partial charge in [-0.2, -0.15) is 5.10 Å². The molecule has 1 aromatic carbocycles. The predicted octanol–water partition coefficient (Wildman–Crippen LogP) is 2.26. The molecule has 0 saturated carbocycles. The third-order valence-corrected chi connectivity index (χ3v) is 3.98. The van der Waals surface area contributed by atoms with Gasteiger partial charge >= 0.3 is 0 Å². The van der Waals surface area contributed by atoms with E-state index >= 15 is 0 Å². The summed E-state index contributed by atoms with van der Waals surface area (Å²) in [4.78, 5) is 0. The van der Waals surface area contributed by atoms with Gasteiger partial charge in [0.2, 0.25) is 0 Å².